The van der Waals surface area contributed by atoms with Gasteiger partial charge in [-0.1, -0.05) is 0 Å². The zero-order valence-corrected chi connectivity index (χ0v) is 14.5. The van der Waals surface area contributed by atoms with E-state index in [1.54, 1.807) is 42.8 Å². The third-order valence-electron chi connectivity index (χ3n) is 3.84. The third kappa shape index (κ3) is 3.16. The highest BCUT2D eigenvalue weighted by Crippen LogP contribution is 2.28. The van der Waals surface area contributed by atoms with Crippen LogP contribution < -0.4 is 0 Å². The van der Waals surface area contributed by atoms with E-state index in [0.717, 1.165) is 5.56 Å². The van der Waals surface area contributed by atoms with Crippen molar-refractivity contribution in [2.75, 3.05) is 7.05 Å². The monoisotopic (exact) mass is 339 g/mol. The Morgan fingerprint density at radius 2 is 1.83 bits per heavy atom. The topological polar surface area (TPSA) is 71.9 Å². The van der Waals surface area contributed by atoms with Gasteiger partial charge in [0.1, 0.15) is 4.88 Å². The second-order valence-electron chi connectivity index (χ2n) is 5.38. The molecular weight excluding hydrogens is 322 g/mol. The summed E-state index contributed by atoms with van der Waals surface area (Å²) in [5, 5.41) is 0.654. The van der Waals surface area contributed by atoms with Crippen molar-refractivity contribution in [1.29, 1.82) is 0 Å². The predicted molar refractivity (Wildman–Crippen MR) is 92.6 cm³/mol. The molecule has 0 saturated carbocycles. The van der Waals surface area contributed by atoms with Crippen LogP contribution in [0.25, 0.3) is 10.8 Å². The highest BCUT2D eigenvalue weighted by molar-refractivity contribution is 7.17. The first-order valence-corrected chi connectivity index (χ1v) is 8.31. The first kappa shape index (κ1) is 16.2. The molecule has 122 valence electrons. The summed E-state index contributed by atoms with van der Waals surface area (Å²) in [5.74, 6) is 0.478. The van der Waals surface area contributed by atoms with E-state index in [4.69, 9.17) is 0 Å². The van der Waals surface area contributed by atoms with E-state index in [2.05, 4.69) is 19.9 Å². The van der Waals surface area contributed by atoms with Crippen LogP contribution >= 0.6 is 11.3 Å². The second-order valence-corrected chi connectivity index (χ2v) is 6.38. The lowest BCUT2D eigenvalue weighted by Crippen LogP contribution is -2.29. The Morgan fingerprint density at radius 1 is 1.17 bits per heavy atom. The van der Waals surface area contributed by atoms with Crippen LogP contribution in [0.1, 0.15) is 33.9 Å². The van der Waals surface area contributed by atoms with Gasteiger partial charge in [-0.3, -0.25) is 9.78 Å². The van der Waals surface area contributed by atoms with Crippen molar-refractivity contribution in [3.8, 4) is 10.8 Å². The summed E-state index contributed by atoms with van der Waals surface area (Å²) in [4.78, 5) is 32.0. The minimum Gasteiger partial charge on any atom is -0.334 e. The number of hydrogen-bond acceptors (Lipinski definition) is 6. The van der Waals surface area contributed by atoms with Crippen LogP contribution in [0.3, 0.4) is 0 Å². The summed E-state index contributed by atoms with van der Waals surface area (Å²) >= 11 is 1.32. The van der Waals surface area contributed by atoms with E-state index in [0.29, 0.717) is 21.4 Å². The van der Waals surface area contributed by atoms with Crippen LogP contribution in [0.2, 0.25) is 0 Å². The maximum atomic E-state index is 12.9. The van der Waals surface area contributed by atoms with Crippen molar-refractivity contribution in [3.05, 3.63) is 59.1 Å². The molecule has 3 aromatic heterocycles. The fraction of sp³-hybridized carbons (Fsp3) is 0.235. The number of aryl methyl sites for hydroxylation is 1. The predicted octanol–water partition coefficient (Wildman–Crippen LogP) is 3.14. The Kier molecular flexibility index (Phi) is 4.61. The first-order valence-electron chi connectivity index (χ1n) is 7.50. The van der Waals surface area contributed by atoms with E-state index in [-0.39, 0.29) is 11.9 Å². The largest absolute Gasteiger partial charge is 0.334 e. The van der Waals surface area contributed by atoms with Crippen LogP contribution in [0.5, 0.6) is 0 Å². The molecule has 0 unspecified atom stereocenters. The number of carbonyl (C=O) groups excluding carboxylic acids is 1. The molecule has 0 aromatic carbocycles. The smallest absolute Gasteiger partial charge is 0.266 e. The van der Waals surface area contributed by atoms with Gasteiger partial charge < -0.3 is 4.90 Å². The van der Waals surface area contributed by atoms with Crippen molar-refractivity contribution in [2.45, 2.75) is 19.9 Å². The van der Waals surface area contributed by atoms with Gasteiger partial charge in [-0.25, -0.2) is 15.0 Å². The van der Waals surface area contributed by atoms with Gasteiger partial charge in [0.2, 0.25) is 0 Å². The number of thiazole rings is 1. The highest BCUT2D eigenvalue weighted by atomic mass is 32.1. The minimum atomic E-state index is -0.0588. The molecule has 0 saturated heterocycles. The van der Waals surface area contributed by atoms with Gasteiger partial charge in [0.05, 0.1) is 11.7 Å². The molecular formula is C17H17N5OS. The third-order valence-corrected chi connectivity index (χ3v) is 4.98. The fourth-order valence-electron chi connectivity index (χ4n) is 2.30. The highest BCUT2D eigenvalue weighted by Gasteiger charge is 2.24. The molecule has 0 aliphatic rings. The number of nitrogens with zero attached hydrogens (tertiary/aromatic N) is 5. The van der Waals surface area contributed by atoms with E-state index < -0.39 is 0 Å². The molecule has 24 heavy (non-hydrogen) atoms. The summed E-state index contributed by atoms with van der Waals surface area (Å²) in [6, 6.07) is 5.52. The SMILES string of the molecule is Cc1nc(-c2ncccn2)sc1C(=O)N(C)[C@H](C)c1ccncc1. The Balaban J connectivity index is 1.86. The molecule has 0 aliphatic heterocycles. The van der Waals surface area contributed by atoms with E-state index in [9.17, 15) is 4.79 Å². The molecule has 3 rings (SSSR count). The molecule has 6 nitrogen and oxygen atoms in total. The Bertz CT molecular complexity index is 835. The van der Waals surface area contributed by atoms with Gasteiger partial charge in [0, 0.05) is 31.8 Å². The van der Waals surface area contributed by atoms with Crippen LogP contribution in [-0.2, 0) is 0 Å². The van der Waals surface area contributed by atoms with Gasteiger partial charge in [-0.05, 0) is 37.6 Å². The number of rotatable bonds is 4. The molecule has 3 aromatic rings. The van der Waals surface area contributed by atoms with Gasteiger partial charge in [0.15, 0.2) is 10.8 Å². The minimum absolute atomic E-state index is 0.0570. The summed E-state index contributed by atoms with van der Waals surface area (Å²) < 4.78 is 0. The zero-order valence-electron chi connectivity index (χ0n) is 13.7. The number of carbonyl (C=O) groups is 1. The second kappa shape index (κ2) is 6.84. The standard InChI is InChI=1S/C17H17N5OS/c1-11-14(24-16(21-11)15-19-7-4-8-20-15)17(23)22(3)12(2)13-5-9-18-10-6-13/h4-10,12H,1-3H3/t12-/m1/s1. The fourth-order valence-corrected chi connectivity index (χ4v) is 3.30. The van der Waals surface area contributed by atoms with Crippen molar-refractivity contribution in [3.63, 3.8) is 0 Å². The molecule has 0 spiro atoms. The van der Waals surface area contributed by atoms with E-state index >= 15 is 0 Å². The molecule has 1 atom stereocenters. The quantitative estimate of drug-likeness (QED) is 0.730. The van der Waals surface area contributed by atoms with Crippen molar-refractivity contribution < 1.29 is 4.79 Å². The van der Waals surface area contributed by atoms with Crippen molar-refractivity contribution in [2.24, 2.45) is 0 Å². The Hall–Kier alpha value is -2.67. The Labute approximate surface area is 144 Å². The molecule has 0 fully saturated rings. The summed E-state index contributed by atoms with van der Waals surface area (Å²) in [7, 11) is 1.80. The molecule has 0 radical (unpaired) electrons. The number of hydrogen-bond donors (Lipinski definition) is 0. The summed E-state index contributed by atoms with van der Waals surface area (Å²) in [6.07, 6.45) is 6.79. The molecule has 0 aliphatic carbocycles. The number of amides is 1. The van der Waals surface area contributed by atoms with Crippen molar-refractivity contribution >= 4 is 17.2 Å². The molecule has 3 heterocycles. The average molecular weight is 339 g/mol. The van der Waals surface area contributed by atoms with Gasteiger partial charge in [-0.2, -0.15) is 0 Å². The first-order chi connectivity index (χ1) is 11.6. The lowest BCUT2D eigenvalue weighted by atomic mass is 10.1. The average Bonchev–Trinajstić information content (AvgIpc) is 3.03. The molecule has 7 heteroatoms. The summed E-state index contributed by atoms with van der Waals surface area (Å²) in [5.41, 5.74) is 1.73. The summed E-state index contributed by atoms with van der Waals surface area (Å²) in [6.45, 7) is 3.83. The van der Waals surface area contributed by atoms with Crippen LogP contribution in [0.15, 0.2) is 43.0 Å². The van der Waals surface area contributed by atoms with E-state index in [1.807, 2.05) is 26.0 Å². The Morgan fingerprint density at radius 3 is 2.50 bits per heavy atom. The van der Waals surface area contributed by atoms with Crippen LogP contribution in [0.4, 0.5) is 0 Å². The number of aromatic nitrogens is 4. The maximum Gasteiger partial charge on any atom is 0.266 e. The van der Waals surface area contributed by atoms with Crippen molar-refractivity contribution in [1.82, 2.24) is 24.8 Å². The van der Waals surface area contributed by atoms with E-state index in [1.165, 1.54) is 11.3 Å². The normalized spacial score (nSPS) is 12.0. The molecule has 0 bridgehead atoms. The van der Waals surface area contributed by atoms with Crippen LogP contribution in [-0.4, -0.2) is 37.8 Å². The molecule has 1 amide bonds. The number of pyridine rings is 1. The van der Waals surface area contributed by atoms with Crippen LogP contribution in [0, 0.1) is 6.92 Å². The van der Waals surface area contributed by atoms with Gasteiger partial charge >= 0.3 is 0 Å². The maximum absolute atomic E-state index is 12.9. The molecule has 0 N–H and O–H groups in total. The lowest BCUT2D eigenvalue weighted by molar-refractivity contribution is 0.0746. The van der Waals surface area contributed by atoms with Gasteiger partial charge in [-0.15, -0.1) is 11.3 Å². The zero-order chi connectivity index (χ0) is 17.1. The lowest BCUT2D eigenvalue weighted by Gasteiger charge is -2.24. The van der Waals surface area contributed by atoms with Gasteiger partial charge in [0.25, 0.3) is 5.91 Å².